The topological polar surface area (TPSA) is 52.6 Å². The lowest BCUT2D eigenvalue weighted by atomic mass is 9.92. The summed E-state index contributed by atoms with van der Waals surface area (Å²) in [6.45, 7) is 5.26. The lowest BCUT2D eigenvalue weighted by Crippen LogP contribution is -2.50. The second kappa shape index (κ2) is 11.1. The summed E-state index contributed by atoms with van der Waals surface area (Å²) in [5.41, 5.74) is 2.30. The first-order valence-corrected chi connectivity index (χ1v) is 9.88. The average molecular weight is 471 g/mol. The van der Waals surface area contributed by atoms with Crippen molar-refractivity contribution < 1.29 is 0 Å². The summed E-state index contributed by atoms with van der Waals surface area (Å²) in [4.78, 5) is 11.6. The molecule has 2 fully saturated rings. The number of halogens is 1. The molecule has 26 heavy (non-hydrogen) atoms. The number of aliphatic imine (C=N–C) groups is 1. The molecule has 0 aromatic carbocycles. The summed E-state index contributed by atoms with van der Waals surface area (Å²) < 4.78 is 0. The number of pyridine rings is 1. The number of nitrogens with zero attached hydrogens (tertiary/aromatic N) is 3. The molecule has 2 aliphatic rings. The van der Waals surface area contributed by atoms with Gasteiger partial charge < -0.3 is 15.5 Å². The Balaban J connectivity index is 0.00000243. The van der Waals surface area contributed by atoms with E-state index in [-0.39, 0.29) is 24.0 Å². The zero-order valence-corrected chi connectivity index (χ0v) is 18.5. The van der Waals surface area contributed by atoms with E-state index in [2.05, 4.69) is 38.5 Å². The van der Waals surface area contributed by atoms with E-state index < -0.39 is 0 Å². The molecule has 1 aromatic rings. The van der Waals surface area contributed by atoms with E-state index in [4.69, 9.17) is 0 Å². The first-order valence-electron chi connectivity index (χ1n) is 9.88. The van der Waals surface area contributed by atoms with E-state index in [1.54, 1.807) is 0 Å². The second-order valence-corrected chi connectivity index (χ2v) is 7.44. The van der Waals surface area contributed by atoms with Crippen LogP contribution in [0.3, 0.4) is 0 Å². The van der Waals surface area contributed by atoms with Gasteiger partial charge in [0.1, 0.15) is 0 Å². The van der Waals surface area contributed by atoms with E-state index >= 15 is 0 Å². The lowest BCUT2D eigenvalue weighted by Gasteiger charge is -2.39. The summed E-state index contributed by atoms with van der Waals surface area (Å²) in [5.74, 6) is 0.890. The second-order valence-electron chi connectivity index (χ2n) is 7.44. The maximum Gasteiger partial charge on any atom is 0.191 e. The number of likely N-dealkylation sites (tertiary alicyclic amines) is 1. The molecule has 1 aliphatic heterocycles. The first-order chi connectivity index (χ1) is 12.3. The highest BCUT2D eigenvalue weighted by Crippen LogP contribution is 2.25. The van der Waals surface area contributed by atoms with E-state index in [1.165, 1.54) is 63.6 Å². The van der Waals surface area contributed by atoms with Crippen molar-refractivity contribution in [2.45, 2.75) is 70.5 Å². The molecule has 6 heteroatoms. The van der Waals surface area contributed by atoms with Crippen LogP contribution in [-0.2, 0) is 6.54 Å². The highest BCUT2D eigenvalue weighted by atomic mass is 127. The third kappa shape index (κ3) is 6.08. The predicted octanol–water partition coefficient (Wildman–Crippen LogP) is 3.47. The summed E-state index contributed by atoms with van der Waals surface area (Å²) in [7, 11) is 1.85. The van der Waals surface area contributed by atoms with Crippen LogP contribution in [0.25, 0.3) is 0 Å². The number of aromatic nitrogens is 1. The van der Waals surface area contributed by atoms with Crippen molar-refractivity contribution in [1.82, 2.24) is 20.5 Å². The molecule has 3 rings (SSSR count). The molecule has 2 heterocycles. The lowest BCUT2D eigenvalue weighted by molar-refractivity contribution is 0.119. The quantitative estimate of drug-likeness (QED) is 0.401. The molecule has 0 atom stereocenters. The Kier molecular flexibility index (Phi) is 9.11. The number of hydrogen-bond donors (Lipinski definition) is 2. The highest BCUT2D eigenvalue weighted by Gasteiger charge is 2.26. The molecule has 0 spiro atoms. The maximum atomic E-state index is 4.44. The fourth-order valence-corrected chi connectivity index (χ4v) is 4.11. The van der Waals surface area contributed by atoms with Crippen molar-refractivity contribution in [3.8, 4) is 0 Å². The molecule has 0 radical (unpaired) electrons. The van der Waals surface area contributed by atoms with Crippen LogP contribution in [-0.4, -0.2) is 48.1 Å². The number of aryl methyl sites for hydroxylation is 1. The fourth-order valence-electron chi connectivity index (χ4n) is 4.11. The first kappa shape index (κ1) is 21.4. The van der Waals surface area contributed by atoms with Crippen molar-refractivity contribution >= 4 is 29.9 Å². The van der Waals surface area contributed by atoms with E-state index in [1.807, 2.05) is 19.3 Å². The minimum atomic E-state index is 0. The van der Waals surface area contributed by atoms with E-state index in [9.17, 15) is 0 Å². The molecule has 0 unspecified atom stereocenters. The highest BCUT2D eigenvalue weighted by molar-refractivity contribution is 14.0. The van der Waals surface area contributed by atoms with Crippen LogP contribution in [0.1, 0.15) is 56.2 Å². The van der Waals surface area contributed by atoms with Crippen LogP contribution in [0, 0.1) is 6.92 Å². The van der Waals surface area contributed by atoms with Crippen LogP contribution in [0.15, 0.2) is 23.3 Å². The SMILES string of the molecule is CN=C(NCc1ncccc1C)NC1CCN(C2CCCCC2)CC1.I. The minimum Gasteiger partial charge on any atom is -0.354 e. The molecule has 1 aromatic heterocycles. The third-order valence-electron chi connectivity index (χ3n) is 5.73. The van der Waals surface area contributed by atoms with Gasteiger partial charge in [-0.05, 0) is 44.2 Å². The van der Waals surface area contributed by atoms with Gasteiger partial charge in [0.15, 0.2) is 5.96 Å². The van der Waals surface area contributed by atoms with Crippen molar-refractivity contribution in [3.63, 3.8) is 0 Å². The van der Waals surface area contributed by atoms with Gasteiger partial charge in [-0.2, -0.15) is 0 Å². The van der Waals surface area contributed by atoms with Crippen LogP contribution >= 0.6 is 24.0 Å². The monoisotopic (exact) mass is 471 g/mol. The van der Waals surface area contributed by atoms with Gasteiger partial charge in [0.2, 0.25) is 0 Å². The van der Waals surface area contributed by atoms with Gasteiger partial charge in [-0.15, -0.1) is 24.0 Å². The zero-order chi connectivity index (χ0) is 17.5. The number of rotatable bonds is 4. The van der Waals surface area contributed by atoms with Crippen molar-refractivity contribution in [3.05, 3.63) is 29.6 Å². The Morgan fingerprint density at radius 1 is 1.19 bits per heavy atom. The Labute approximate surface area is 175 Å². The molecule has 0 bridgehead atoms. The van der Waals surface area contributed by atoms with Gasteiger partial charge in [0.05, 0.1) is 12.2 Å². The maximum absolute atomic E-state index is 4.44. The van der Waals surface area contributed by atoms with Crippen LogP contribution in [0.4, 0.5) is 0 Å². The largest absolute Gasteiger partial charge is 0.354 e. The Hall–Kier alpha value is -0.890. The molecular weight excluding hydrogens is 437 g/mol. The average Bonchev–Trinajstić information content (AvgIpc) is 2.67. The standard InChI is InChI=1S/C20H33N5.HI/c1-16-7-6-12-22-19(16)15-23-20(21-2)24-17-10-13-25(14-11-17)18-8-4-3-5-9-18;/h6-7,12,17-18H,3-5,8-11,13-15H2,1-2H3,(H2,21,23,24);1H. The zero-order valence-electron chi connectivity index (χ0n) is 16.2. The molecule has 2 N–H and O–H groups in total. The van der Waals surface area contributed by atoms with Crippen molar-refractivity contribution in [1.29, 1.82) is 0 Å². The molecular formula is C20H34IN5. The minimum absolute atomic E-state index is 0. The fraction of sp³-hybridized carbons (Fsp3) is 0.700. The molecule has 0 amide bonds. The van der Waals surface area contributed by atoms with E-state index in [0.717, 1.165) is 17.7 Å². The normalized spacial score (nSPS) is 20.5. The van der Waals surface area contributed by atoms with Crippen molar-refractivity contribution in [2.75, 3.05) is 20.1 Å². The third-order valence-corrected chi connectivity index (χ3v) is 5.73. The Morgan fingerprint density at radius 3 is 2.58 bits per heavy atom. The van der Waals surface area contributed by atoms with Gasteiger partial charge in [-0.25, -0.2) is 0 Å². The molecule has 146 valence electrons. The van der Waals surface area contributed by atoms with Crippen LogP contribution < -0.4 is 10.6 Å². The summed E-state index contributed by atoms with van der Waals surface area (Å²) in [6.07, 6.45) is 11.4. The van der Waals surface area contributed by atoms with Gasteiger partial charge in [-0.3, -0.25) is 9.98 Å². The Bertz CT molecular complexity index is 563. The number of piperidine rings is 1. The molecule has 1 saturated carbocycles. The predicted molar refractivity (Wildman–Crippen MR) is 119 cm³/mol. The summed E-state index contributed by atoms with van der Waals surface area (Å²) >= 11 is 0. The number of nitrogens with one attached hydrogen (secondary N) is 2. The van der Waals surface area contributed by atoms with Gasteiger partial charge in [0, 0.05) is 38.4 Å². The molecule has 1 aliphatic carbocycles. The van der Waals surface area contributed by atoms with Gasteiger partial charge in [-0.1, -0.05) is 25.3 Å². The van der Waals surface area contributed by atoms with Gasteiger partial charge in [0.25, 0.3) is 0 Å². The van der Waals surface area contributed by atoms with E-state index in [0.29, 0.717) is 12.6 Å². The summed E-state index contributed by atoms with van der Waals surface area (Å²) in [6, 6.07) is 5.45. The number of guanidine groups is 1. The Morgan fingerprint density at radius 2 is 1.92 bits per heavy atom. The smallest absolute Gasteiger partial charge is 0.191 e. The van der Waals surface area contributed by atoms with Crippen molar-refractivity contribution in [2.24, 2.45) is 4.99 Å². The summed E-state index contributed by atoms with van der Waals surface area (Å²) in [5, 5.41) is 7.01. The van der Waals surface area contributed by atoms with Gasteiger partial charge >= 0.3 is 0 Å². The van der Waals surface area contributed by atoms with Crippen LogP contribution in [0.2, 0.25) is 0 Å². The van der Waals surface area contributed by atoms with Crippen LogP contribution in [0.5, 0.6) is 0 Å². The molecule has 5 nitrogen and oxygen atoms in total. The number of hydrogen-bond acceptors (Lipinski definition) is 3. The molecule has 1 saturated heterocycles.